The highest BCUT2D eigenvalue weighted by Gasteiger charge is 2.17. The van der Waals surface area contributed by atoms with Crippen molar-refractivity contribution >= 4 is 17.5 Å². The molecule has 1 heterocycles. The standard InChI is InChI=1S/C10H13ClN2O3/c1-4-16-8-5-9(11)12-6-7(8)10(14)13(2)15-3/h5-6H,4H2,1-3H3. The smallest absolute Gasteiger partial charge is 0.282 e. The summed E-state index contributed by atoms with van der Waals surface area (Å²) in [6.07, 6.45) is 1.37. The van der Waals surface area contributed by atoms with Gasteiger partial charge in [0.2, 0.25) is 0 Å². The Hall–Kier alpha value is -1.33. The third kappa shape index (κ3) is 2.84. The Morgan fingerprint density at radius 1 is 1.62 bits per heavy atom. The van der Waals surface area contributed by atoms with Crippen molar-refractivity contribution in [3.05, 3.63) is 23.0 Å². The Bertz CT molecular complexity index is 384. The molecule has 0 unspecified atom stereocenters. The fourth-order valence-electron chi connectivity index (χ4n) is 1.10. The van der Waals surface area contributed by atoms with Crippen molar-refractivity contribution in [2.75, 3.05) is 20.8 Å². The van der Waals surface area contributed by atoms with Crippen LogP contribution in [0.2, 0.25) is 5.15 Å². The molecule has 5 nitrogen and oxygen atoms in total. The second kappa shape index (κ2) is 5.67. The van der Waals surface area contributed by atoms with Gasteiger partial charge in [0.1, 0.15) is 16.5 Å². The van der Waals surface area contributed by atoms with Crippen LogP contribution in [0.4, 0.5) is 0 Å². The van der Waals surface area contributed by atoms with Crippen LogP contribution in [0, 0.1) is 0 Å². The highest BCUT2D eigenvalue weighted by atomic mass is 35.5. The van der Waals surface area contributed by atoms with Crippen LogP contribution in [0.15, 0.2) is 12.3 Å². The van der Waals surface area contributed by atoms with Crippen LogP contribution in [-0.4, -0.2) is 36.7 Å². The Kier molecular flexibility index (Phi) is 4.52. The van der Waals surface area contributed by atoms with Crippen molar-refractivity contribution in [1.82, 2.24) is 10.0 Å². The minimum atomic E-state index is -0.338. The van der Waals surface area contributed by atoms with Crippen LogP contribution >= 0.6 is 11.6 Å². The van der Waals surface area contributed by atoms with Gasteiger partial charge in [-0.1, -0.05) is 11.6 Å². The predicted molar refractivity (Wildman–Crippen MR) is 59.5 cm³/mol. The van der Waals surface area contributed by atoms with Gasteiger partial charge in [0.25, 0.3) is 5.91 Å². The Balaban J connectivity index is 3.06. The van der Waals surface area contributed by atoms with Gasteiger partial charge in [-0.3, -0.25) is 9.63 Å². The lowest BCUT2D eigenvalue weighted by Gasteiger charge is -2.15. The van der Waals surface area contributed by atoms with Gasteiger partial charge in [0.15, 0.2) is 0 Å². The van der Waals surface area contributed by atoms with E-state index in [1.165, 1.54) is 26.4 Å². The van der Waals surface area contributed by atoms with Crippen LogP contribution in [0.3, 0.4) is 0 Å². The van der Waals surface area contributed by atoms with E-state index >= 15 is 0 Å². The molecule has 16 heavy (non-hydrogen) atoms. The molecule has 1 rings (SSSR count). The number of carbonyl (C=O) groups excluding carboxylic acids is 1. The quantitative estimate of drug-likeness (QED) is 0.598. The van der Waals surface area contributed by atoms with Gasteiger partial charge < -0.3 is 4.74 Å². The first kappa shape index (κ1) is 12.7. The van der Waals surface area contributed by atoms with E-state index in [9.17, 15) is 4.79 Å². The zero-order chi connectivity index (χ0) is 12.1. The summed E-state index contributed by atoms with van der Waals surface area (Å²) in [5.41, 5.74) is 0.315. The molecule has 0 radical (unpaired) electrons. The van der Waals surface area contributed by atoms with E-state index in [0.29, 0.717) is 17.9 Å². The van der Waals surface area contributed by atoms with Gasteiger partial charge in [0, 0.05) is 19.3 Å². The number of pyridine rings is 1. The zero-order valence-electron chi connectivity index (χ0n) is 9.36. The highest BCUT2D eigenvalue weighted by Crippen LogP contribution is 2.22. The normalized spacial score (nSPS) is 10.0. The van der Waals surface area contributed by atoms with Gasteiger partial charge in [0.05, 0.1) is 13.7 Å². The maximum absolute atomic E-state index is 11.8. The molecule has 1 amide bonds. The summed E-state index contributed by atoms with van der Waals surface area (Å²) in [6, 6.07) is 1.50. The molecule has 0 fully saturated rings. The fourth-order valence-corrected chi connectivity index (χ4v) is 1.25. The minimum Gasteiger partial charge on any atom is -0.493 e. The van der Waals surface area contributed by atoms with E-state index in [1.807, 2.05) is 6.92 Å². The van der Waals surface area contributed by atoms with Gasteiger partial charge in [-0.25, -0.2) is 10.0 Å². The molecule has 1 aromatic rings. The summed E-state index contributed by atoms with van der Waals surface area (Å²) < 4.78 is 5.31. The first-order valence-corrected chi connectivity index (χ1v) is 5.08. The zero-order valence-corrected chi connectivity index (χ0v) is 10.1. The molecule has 0 aliphatic rings. The predicted octanol–water partition coefficient (Wildman–Crippen LogP) is 1.77. The summed E-state index contributed by atoms with van der Waals surface area (Å²) >= 11 is 5.72. The summed E-state index contributed by atoms with van der Waals surface area (Å²) in [6.45, 7) is 2.26. The first-order valence-electron chi connectivity index (χ1n) is 4.70. The number of halogens is 1. The molecule has 6 heteroatoms. The number of aromatic nitrogens is 1. The Morgan fingerprint density at radius 2 is 2.31 bits per heavy atom. The number of amides is 1. The lowest BCUT2D eigenvalue weighted by molar-refractivity contribution is -0.0758. The second-order valence-corrected chi connectivity index (χ2v) is 3.31. The second-order valence-electron chi connectivity index (χ2n) is 2.92. The Labute approximate surface area is 98.9 Å². The average Bonchev–Trinajstić information content (AvgIpc) is 2.28. The third-order valence-corrected chi connectivity index (χ3v) is 2.13. The van der Waals surface area contributed by atoms with E-state index in [0.717, 1.165) is 5.06 Å². The summed E-state index contributed by atoms with van der Waals surface area (Å²) in [7, 11) is 2.91. The van der Waals surface area contributed by atoms with Crippen LogP contribution in [-0.2, 0) is 4.84 Å². The van der Waals surface area contributed by atoms with Gasteiger partial charge in [-0.15, -0.1) is 0 Å². The van der Waals surface area contributed by atoms with Gasteiger partial charge >= 0.3 is 0 Å². The molecule has 88 valence electrons. The van der Waals surface area contributed by atoms with Crippen LogP contribution in [0.1, 0.15) is 17.3 Å². The van der Waals surface area contributed by atoms with E-state index in [1.54, 1.807) is 0 Å². The molecule has 0 saturated carbocycles. The summed E-state index contributed by atoms with van der Waals surface area (Å²) in [4.78, 5) is 20.5. The largest absolute Gasteiger partial charge is 0.493 e. The number of ether oxygens (including phenoxy) is 1. The SMILES string of the molecule is CCOc1cc(Cl)ncc1C(=O)N(C)OC. The summed E-state index contributed by atoms with van der Waals surface area (Å²) in [5, 5.41) is 1.37. The van der Waals surface area contributed by atoms with Crippen molar-refractivity contribution in [3.63, 3.8) is 0 Å². The molecule has 0 bridgehead atoms. The maximum Gasteiger partial charge on any atom is 0.282 e. The van der Waals surface area contributed by atoms with Crippen molar-refractivity contribution in [1.29, 1.82) is 0 Å². The topological polar surface area (TPSA) is 51.7 Å². The monoisotopic (exact) mass is 244 g/mol. The van der Waals surface area contributed by atoms with Crippen LogP contribution in [0.5, 0.6) is 5.75 Å². The molecule has 0 atom stereocenters. The van der Waals surface area contributed by atoms with E-state index < -0.39 is 0 Å². The molecule has 0 aliphatic heterocycles. The van der Waals surface area contributed by atoms with Crippen molar-refractivity contribution in [2.24, 2.45) is 0 Å². The van der Waals surface area contributed by atoms with Crippen LogP contribution in [0.25, 0.3) is 0 Å². The van der Waals surface area contributed by atoms with Crippen molar-refractivity contribution in [3.8, 4) is 5.75 Å². The summed E-state index contributed by atoms with van der Waals surface area (Å²) in [5.74, 6) is 0.0616. The maximum atomic E-state index is 11.8. The molecule has 0 N–H and O–H groups in total. The fraction of sp³-hybridized carbons (Fsp3) is 0.400. The number of hydroxylamine groups is 2. The molecule has 1 aromatic heterocycles. The van der Waals surface area contributed by atoms with E-state index in [-0.39, 0.29) is 11.1 Å². The number of nitrogens with zero attached hydrogens (tertiary/aromatic N) is 2. The minimum absolute atomic E-state index is 0.278. The van der Waals surface area contributed by atoms with E-state index in [2.05, 4.69) is 4.98 Å². The molecular formula is C10H13ClN2O3. The third-order valence-electron chi connectivity index (χ3n) is 1.92. The lowest BCUT2D eigenvalue weighted by Crippen LogP contribution is -2.26. The molecule has 0 spiro atoms. The molecule has 0 aliphatic carbocycles. The molecule has 0 saturated heterocycles. The molecular weight excluding hydrogens is 232 g/mol. The van der Waals surface area contributed by atoms with Crippen molar-refractivity contribution < 1.29 is 14.4 Å². The van der Waals surface area contributed by atoms with Crippen LogP contribution < -0.4 is 4.74 Å². The molecule has 0 aromatic carbocycles. The van der Waals surface area contributed by atoms with E-state index in [4.69, 9.17) is 21.2 Å². The first-order chi connectivity index (χ1) is 7.60. The number of hydrogen-bond donors (Lipinski definition) is 0. The van der Waals surface area contributed by atoms with Crippen molar-refractivity contribution in [2.45, 2.75) is 6.92 Å². The highest BCUT2D eigenvalue weighted by molar-refractivity contribution is 6.29. The number of hydrogen-bond acceptors (Lipinski definition) is 4. The number of rotatable bonds is 4. The lowest BCUT2D eigenvalue weighted by atomic mass is 10.2. The average molecular weight is 245 g/mol. The Morgan fingerprint density at radius 3 is 2.88 bits per heavy atom. The van der Waals surface area contributed by atoms with Gasteiger partial charge in [-0.05, 0) is 6.92 Å². The number of carbonyl (C=O) groups is 1. The van der Waals surface area contributed by atoms with Gasteiger partial charge in [-0.2, -0.15) is 0 Å².